The Morgan fingerprint density at radius 3 is 2.81 bits per heavy atom. The first-order chi connectivity index (χ1) is 12.6. The average molecular weight is 347 g/mol. The molecule has 2 heterocycles. The van der Waals surface area contributed by atoms with Crippen LogP contribution in [0.15, 0.2) is 47.3 Å². The van der Waals surface area contributed by atoms with Gasteiger partial charge in [-0.2, -0.15) is 0 Å². The molecule has 3 aromatic rings. The predicted octanol–water partition coefficient (Wildman–Crippen LogP) is 3.68. The third kappa shape index (κ3) is 3.01. The van der Waals surface area contributed by atoms with Gasteiger partial charge in [-0.15, -0.1) is 0 Å². The highest BCUT2D eigenvalue weighted by Gasteiger charge is 2.15. The third-order valence-corrected chi connectivity index (χ3v) is 4.96. The molecule has 0 radical (unpaired) electrons. The number of nitrogens with zero attached hydrogens (tertiary/aromatic N) is 2. The number of hydrogen-bond donors (Lipinski definition) is 1. The molecule has 5 heteroatoms. The number of rotatable bonds is 2. The van der Waals surface area contributed by atoms with Gasteiger partial charge in [0.1, 0.15) is 5.82 Å². The molecule has 0 aliphatic carbocycles. The number of fused-ring (bicyclic) bond motifs is 2. The second-order valence-corrected chi connectivity index (χ2v) is 6.80. The number of carbonyl (C=O) groups excluding carboxylic acids is 1. The summed E-state index contributed by atoms with van der Waals surface area (Å²) < 4.78 is 1.79. The Kier molecular flexibility index (Phi) is 4.29. The first-order valence-corrected chi connectivity index (χ1v) is 9.04. The van der Waals surface area contributed by atoms with Crippen LogP contribution in [0, 0.1) is 6.92 Å². The van der Waals surface area contributed by atoms with Gasteiger partial charge in [-0.1, -0.05) is 24.6 Å². The monoisotopic (exact) mass is 347 g/mol. The van der Waals surface area contributed by atoms with E-state index in [2.05, 4.69) is 10.3 Å². The van der Waals surface area contributed by atoms with Gasteiger partial charge in [0.15, 0.2) is 0 Å². The van der Waals surface area contributed by atoms with Crippen LogP contribution in [0.5, 0.6) is 0 Å². The summed E-state index contributed by atoms with van der Waals surface area (Å²) in [5.41, 5.74) is 2.83. The van der Waals surface area contributed by atoms with Gasteiger partial charge >= 0.3 is 0 Å². The van der Waals surface area contributed by atoms with E-state index in [1.807, 2.05) is 31.2 Å². The van der Waals surface area contributed by atoms with E-state index >= 15 is 0 Å². The first-order valence-electron chi connectivity index (χ1n) is 9.04. The minimum Gasteiger partial charge on any atom is -0.322 e. The Morgan fingerprint density at radius 1 is 1.12 bits per heavy atom. The van der Waals surface area contributed by atoms with Crippen molar-refractivity contribution in [3.05, 3.63) is 69.8 Å². The van der Waals surface area contributed by atoms with E-state index in [-0.39, 0.29) is 11.5 Å². The van der Waals surface area contributed by atoms with Crippen molar-refractivity contribution < 1.29 is 4.79 Å². The second-order valence-electron chi connectivity index (χ2n) is 6.80. The molecule has 0 saturated carbocycles. The van der Waals surface area contributed by atoms with E-state index in [0.717, 1.165) is 43.6 Å². The van der Waals surface area contributed by atoms with Crippen molar-refractivity contribution in [2.24, 2.45) is 0 Å². The molecule has 4 rings (SSSR count). The SMILES string of the molecule is Cc1ccccc1C(=O)Nc1ccc2nc3n(c(=O)c2c1)CCCCC3. The Bertz CT molecular complexity index is 1050. The minimum absolute atomic E-state index is 0.0149. The maximum atomic E-state index is 12.9. The van der Waals surface area contributed by atoms with Gasteiger partial charge in [0, 0.05) is 24.2 Å². The van der Waals surface area contributed by atoms with Crippen LogP contribution in [0.4, 0.5) is 5.69 Å². The molecule has 0 atom stereocenters. The predicted molar refractivity (Wildman–Crippen MR) is 103 cm³/mol. The van der Waals surface area contributed by atoms with Crippen LogP contribution in [0.25, 0.3) is 10.9 Å². The summed E-state index contributed by atoms with van der Waals surface area (Å²) in [4.78, 5) is 30.1. The minimum atomic E-state index is -0.176. The largest absolute Gasteiger partial charge is 0.322 e. The van der Waals surface area contributed by atoms with Gasteiger partial charge < -0.3 is 5.32 Å². The number of carbonyl (C=O) groups is 1. The first kappa shape index (κ1) is 16.5. The van der Waals surface area contributed by atoms with Crippen molar-refractivity contribution in [2.45, 2.75) is 39.2 Å². The smallest absolute Gasteiger partial charge is 0.261 e. The maximum absolute atomic E-state index is 12.9. The van der Waals surface area contributed by atoms with Crippen LogP contribution < -0.4 is 10.9 Å². The van der Waals surface area contributed by atoms with Crippen molar-refractivity contribution in [1.29, 1.82) is 0 Å². The van der Waals surface area contributed by atoms with Gasteiger partial charge in [0.05, 0.1) is 10.9 Å². The van der Waals surface area contributed by atoms with Gasteiger partial charge in [0.25, 0.3) is 11.5 Å². The molecule has 1 N–H and O–H groups in total. The molecule has 1 amide bonds. The molecule has 132 valence electrons. The zero-order chi connectivity index (χ0) is 18.1. The standard InChI is InChI=1S/C21H21N3O2/c1-14-7-4-5-8-16(14)20(25)22-15-10-11-18-17(13-15)21(26)24-12-6-2-3-9-19(24)23-18/h4-5,7-8,10-11,13H,2-3,6,9,12H2,1H3,(H,22,25). The Labute approximate surface area is 151 Å². The zero-order valence-corrected chi connectivity index (χ0v) is 14.8. The quantitative estimate of drug-likeness (QED) is 0.769. The topological polar surface area (TPSA) is 64.0 Å². The van der Waals surface area contributed by atoms with Crippen LogP contribution in [-0.2, 0) is 13.0 Å². The lowest BCUT2D eigenvalue weighted by Crippen LogP contribution is -2.24. The summed E-state index contributed by atoms with van der Waals surface area (Å²) in [6.45, 7) is 2.62. The summed E-state index contributed by atoms with van der Waals surface area (Å²) in [5, 5.41) is 3.45. The molecule has 0 spiro atoms. The van der Waals surface area contributed by atoms with Gasteiger partial charge in [-0.25, -0.2) is 4.98 Å². The summed E-state index contributed by atoms with van der Waals surface area (Å²) in [7, 11) is 0. The molecule has 26 heavy (non-hydrogen) atoms. The van der Waals surface area contributed by atoms with Crippen molar-refractivity contribution in [3.63, 3.8) is 0 Å². The Balaban J connectivity index is 1.72. The number of aromatic nitrogens is 2. The molecule has 1 aliphatic heterocycles. The van der Waals surface area contributed by atoms with Crippen molar-refractivity contribution in [2.75, 3.05) is 5.32 Å². The summed E-state index contributed by atoms with van der Waals surface area (Å²) >= 11 is 0. The molecular formula is C21H21N3O2. The fourth-order valence-corrected chi connectivity index (χ4v) is 3.52. The van der Waals surface area contributed by atoms with E-state index in [4.69, 9.17) is 0 Å². The van der Waals surface area contributed by atoms with Crippen LogP contribution in [-0.4, -0.2) is 15.5 Å². The highest BCUT2D eigenvalue weighted by Crippen LogP contribution is 2.19. The number of hydrogen-bond acceptors (Lipinski definition) is 3. The highest BCUT2D eigenvalue weighted by molar-refractivity contribution is 6.06. The fraction of sp³-hybridized carbons (Fsp3) is 0.286. The summed E-state index contributed by atoms with van der Waals surface area (Å²) in [6.07, 6.45) is 4.04. The molecule has 0 saturated heterocycles. The van der Waals surface area contributed by atoms with Crippen molar-refractivity contribution >= 4 is 22.5 Å². The van der Waals surface area contributed by atoms with E-state index in [1.165, 1.54) is 0 Å². The zero-order valence-electron chi connectivity index (χ0n) is 14.8. The molecule has 1 aromatic heterocycles. The molecular weight excluding hydrogens is 326 g/mol. The number of aryl methyl sites for hydroxylation is 2. The van der Waals surface area contributed by atoms with E-state index in [0.29, 0.717) is 22.2 Å². The van der Waals surface area contributed by atoms with Gasteiger partial charge in [0.2, 0.25) is 0 Å². The third-order valence-electron chi connectivity index (χ3n) is 4.96. The normalized spacial score (nSPS) is 13.9. The average Bonchev–Trinajstić information content (AvgIpc) is 2.88. The van der Waals surface area contributed by atoms with Gasteiger partial charge in [-0.05, 0) is 49.6 Å². The van der Waals surface area contributed by atoms with Crippen LogP contribution >= 0.6 is 0 Å². The van der Waals surface area contributed by atoms with E-state index < -0.39 is 0 Å². The second kappa shape index (κ2) is 6.75. The number of nitrogens with one attached hydrogen (secondary N) is 1. The van der Waals surface area contributed by atoms with Crippen LogP contribution in [0.1, 0.15) is 41.0 Å². The van der Waals surface area contributed by atoms with Crippen LogP contribution in [0.2, 0.25) is 0 Å². The lowest BCUT2D eigenvalue weighted by atomic mass is 10.1. The summed E-state index contributed by atoms with van der Waals surface area (Å²) in [5.74, 6) is 0.696. The molecule has 0 unspecified atom stereocenters. The Morgan fingerprint density at radius 2 is 1.96 bits per heavy atom. The molecule has 1 aliphatic rings. The van der Waals surface area contributed by atoms with Crippen molar-refractivity contribution in [1.82, 2.24) is 9.55 Å². The molecule has 2 aromatic carbocycles. The lowest BCUT2D eigenvalue weighted by molar-refractivity contribution is 0.102. The summed E-state index contributed by atoms with van der Waals surface area (Å²) in [6, 6.07) is 12.8. The van der Waals surface area contributed by atoms with Gasteiger partial charge in [-0.3, -0.25) is 14.2 Å². The maximum Gasteiger partial charge on any atom is 0.261 e. The van der Waals surface area contributed by atoms with E-state index in [1.54, 1.807) is 22.8 Å². The van der Waals surface area contributed by atoms with Crippen LogP contribution in [0.3, 0.4) is 0 Å². The number of anilines is 1. The molecule has 0 bridgehead atoms. The van der Waals surface area contributed by atoms with E-state index in [9.17, 15) is 9.59 Å². The molecule has 0 fully saturated rings. The Hall–Kier alpha value is -2.95. The fourth-order valence-electron chi connectivity index (χ4n) is 3.52. The lowest BCUT2D eigenvalue weighted by Gasteiger charge is -2.12. The van der Waals surface area contributed by atoms with Crippen molar-refractivity contribution in [3.8, 4) is 0 Å². The molecule has 5 nitrogen and oxygen atoms in total. The number of amides is 1. The number of benzene rings is 2. The highest BCUT2D eigenvalue weighted by atomic mass is 16.1.